The van der Waals surface area contributed by atoms with E-state index in [4.69, 9.17) is 4.99 Å². The molecule has 5 heterocycles. The third kappa shape index (κ3) is 1.18. The van der Waals surface area contributed by atoms with Crippen LogP contribution in [0.25, 0.3) is 5.57 Å². The summed E-state index contributed by atoms with van der Waals surface area (Å²) in [5.74, 6) is 0.286. The first-order chi connectivity index (χ1) is 12.1. The Morgan fingerprint density at radius 1 is 1.40 bits per heavy atom. The van der Waals surface area contributed by atoms with Gasteiger partial charge in [0.1, 0.15) is 17.1 Å². The molecule has 0 aromatic heterocycles. The summed E-state index contributed by atoms with van der Waals surface area (Å²) in [4.78, 5) is 24.3. The number of carbonyl (C=O) groups excluding carboxylic acids is 1. The number of aromatic hydroxyl groups is 1. The summed E-state index contributed by atoms with van der Waals surface area (Å²) in [7, 11) is 0. The van der Waals surface area contributed by atoms with Crippen LogP contribution >= 0.6 is 11.8 Å². The van der Waals surface area contributed by atoms with Crippen LogP contribution in [0.4, 0.5) is 11.4 Å². The molecule has 5 atom stereocenters. The summed E-state index contributed by atoms with van der Waals surface area (Å²) in [6, 6.07) is -0.468. The summed E-state index contributed by atoms with van der Waals surface area (Å²) < 4.78 is 0. The number of aliphatic imine (C=N–C) groups is 1. The van der Waals surface area contributed by atoms with Gasteiger partial charge in [0.25, 0.3) is 0 Å². The van der Waals surface area contributed by atoms with E-state index in [1.165, 1.54) is 0 Å². The number of nitrogens with zero attached hydrogens (tertiary/aromatic N) is 3. The van der Waals surface area contributed by atoms with Gasteiger partial charge in [-0.1, -0.05) is 0 Å². The number of carbonyl (C=O) groups is 1. The normalized spacial score (nSPS) is 40.6. The first-order valence-electron chi connectivity index (χ1n) is 8.78. The summed E-state index contributed by atoms with van der Waals surface area (Å²) in [6.45, 7) is 0.704. The highest BCUT2D eigenvalue weighted by atomic mass is 32.2. The highest BCUT2D eigenvalue weighted by Gasteiger charge is 2.67. The van der Waals surface area contributed by atoms with Crippen molar-refractivity contribution in [2.45, 2.75) is 47.4 Å². The smallest absolute Gasteiger partial charge is 0.167 e. The topological polar surface area (TPSA) is 85.5 Å². The molecular weight excluding hydrogens is 338 g/mol. The molecule has 0 radical (unpaired) electrons. The Kier molecular flexibility index (Phi) is 2.02. The zero-order valence-corrected chi connectivity index (χ0v) is 14.1. The first kappa shape index (κ1) is 13.4. The van der Waals surface area contributed by atoms with E-state index in [0.717, 1.165) is 34.9 Å². The Bertz CT molecular complexity index is 1080. The van der Waals surface area contributed by atoms with E-state index in [0.29, 0.717) is 24.0 Å². The zero-order chi connectivity index (χ0) is 16.7. The third-order valence-corrected chi connectivity index (χ3v) is 8.50. The van der Waals surface area contributed by atoms with Crippen molar-refractivity contribution in [3.05, 3.63) is 16.1 Å². The van der Waals surface area contributed by atoms with Crippen LogP contribution in [0.15, 0.2) is 9.98 Å². The molecule has 0 amide bonds. The Hall–Kier alpha value is -1.86. The van der Waals surface area contributed by atoms with E-state index in [1.54, 1.807) is 11.8 Å². The van der Waals surface area contributed by atoms with E-state index in [2.05, 4.69) is 9.89 Å². The SMILES string of the molecule is O=C1CC2S[C@H]3C[C@@]24c2c5c6c(c(O)c2=N3)N=CC=6CCN5C1[C@@H]4O. The van der Waals surface area contributed by atoms with Crippen LogP contribution in [0.1, 0.15) is 24.8 Å². The van der Waals surface area contributed by atoms with E-state index >= 15 is 0 Å². The number of anilines is 1. The van der Waals surface area contributed by atoms with Crippen molar-refractivity contribution >= 4 is 40.7 Å². The second kappa shape index (κ2) is 3.78. The van der Waals surface area contributed by atoms with Gasteiger partial charge in [0.05, 0.1) is 17.2 Å². The minimum atomic E-state index is -0.723. The molecule has 126 valence electrons. The van der Waals surface area contributed by atoms with Crippen molar-refractivity contribution < 1.29 is 15.0 Å². The molecule has 1 spiro atoms. The van der Waals surface area contributed by atoms with Gasteiger partial charge in [-0.05, 0) is 18.4 Å². The maximum Gasteiger partial charge on any atom is 0.167 e. The minimum absolute atomic E-state index is 0.00109. The van der Waals surface area contributed by atoms with Crippen LogP contribution < -0.4 is 15.5 Å². The van der Waals surface area contributed by atoms with E-state index < -0.39 is 17.6 Å². The molecule has 2 fully saturated rings. The second-order valence-corrected chi connectivity index (χ2v) is 9.27. The van der Waals surface area contributed by atoms with Gasteiger partial charge in [0, 0.05) is 40.6 Å². The number of aliphatic hydroxyl groups is 1. The fourth-order valence-corrected chi connectivity index (χ4v) is 7.84. The van der Waals surface area contributed by atoms with Gasteiger partial charge in [-0.3, -0.25) is 14.8 Å². The van der Waals surface area contributed by atoms with Gasteiger partial charge in [0.2, 0.25) is 0 Å². The van der Waals surface area contributed by atoms with Crippen molar-refractivity contribution in [1.82, 2.24) is 0 Å². The van der Waals surface area contributed by atoms with Gasteiger partial charge >= 0.3 is 0 Å². The van der Waals surface area contributed by atoms with Crippen LogP contribution in [0, 0.1) is 0 Å². The van der Waals surface area contributed by atoms with E-state index in [9.17, 15) is 15.0 Å². The summed E-state index contributed by atoms with van der Waals surface area (Å²) in [5, 5.41) is 23.9. The molecule has 3 bridgehead atoms. The maximum atomic E-state index is 12.9. The maximum absolute atomic E-state index is 12.9. The average Bonchev–Trinajstić information content (AvgIpc) is 3.13. The molecule has 5 aliphatic heterocycles. The highest BCUT2D eigenvalue weighted by Crippen LogP contribution is 2.61. The van der Waals surface area contributed by atoms with Crippen LogP contribution in [0.3, 0.4) is 0 Å². The number of hydrogen-bond donors (Lipinski definition) is 2. The molecule has 1 saturated heterocycles. The van der Waals surface area contributed by atoms with Crippen molar-refractivity contribution in [1.29, 1.82) is 0 Å². The number of thioether (sulfide) groups is 1. The molecule has 7 heteroatoms. The minimum Gasteiger partial charge on any atom is -0.504 e. The molecule has 2 N–H and O–H groups in total. The van der Waals surface area contributed by atoms with Crippen LogP contribution in [0.5, 0.6) is 5.75 Å². The monoisotopic (exact) mass is 353 g/mol. The molecule has 6 aliphatic rings. The predicted molar refractivity (Wildman–Crippen MR) is 93.3 cm³/mol. The molecular formula is C18H15N3O3S. The number of ketones is 1. The molecule has 1 aliphatic carbocycles. The number of fused-ring (bicyclic) bond motifs is 3. The number of phenolic OH excluding ortho intramolecular Hbond substituents is 1. The van der Waals surface area contributed by atoms with Gasteiger partial charge in [-0.15, -0.1) is 11.8 Å². The zero-order valence-electron chi connectivity index (χ0n) is 13.3. The van der Waals surface area contributed by atoms with Gasteiger partial charge in [-0.2, -0.15) is 0 Å². The lowest BCUT2D eigenvalue weighted by atomic mass is 9.58. The quantitative estimate of drug-likeness (QED) is 0.680. The molecule has 6 nitrogen and oxygen atoms in total. The van der Waals surface area contributed by atoms with Crippen LogP contribution in [-0.2, 0) is 10.2 Å². The van der Waals surface area contributed by atoms with Gasteiger partial charge in [0.15, 0.2) is 11.5 Å². The predicted octanol–water partition coefficient (Wildman–Crippen LogP) is -0.113. The molecule has 2 unspecified atom stereocenters. The Labute approximate surface area is 147 Å². The number of phenols is 1. The molecule has 1 aromatic rings. The first-order valence-corrected chi connectivity index (χ1v) is 9.73. The third-order valence-electron chi connectivity index (χ3n) is 7.00. The Morgan fingerprint density at radius 2 is 2.28 bits per heavy atom. The van der Waals surface area contributed by atoms with Crippen molar-refractivity contribution in [2.24, 2.45) is 9.98 Å². The fraction of sp³-hybridized carbons (Fsp3) is 0.500. The lowest BCUT2D eigenvalue weighted by Gasteiger charge is -2.56. The van der Waals surface area contributed by atoms with Gasteiger partial charge in [-0.25, -0.2) is 0 Å². The standard InChI is InChI=1S/C18H15N3O3S/c22-7-3-8-18-4-9(25-8)20-13-11(18)15-10-6(5-19-12(10)16(13)23)1-2-21(15)14(7)17(18)24/h5,8-9,14,17,23-24H,1-4H2/t8?,9-,14?,17-,18-/m0/s1. The molecule has 1 aromatic carbocycles. The molecule has 1 saturated carbocycles. The summed E-state index contributed by atoms with van der Waals surface area (Å²) in [6.07, 6.45) is 3.14. The summed E-state index contributed by atoms with van der Waals surface area (Å²) >= 11 is 1.69. The highest BCUT2D eigenvalue weighted by molar-refractivity contribution is 8.00. The van der Waals surface area contributed by atoms with Crippen LogP contribution in [-0.4, -0.2) is 51.5 Å². The number of rotatable bonds is 0. The number of hydrogen-bond acceptors (Lipinski definition) is 7. The van der Waals surface area contributed by atoms with E-state index in [1.807, 2.05) is 6.21 Å². The fourth-order valence-electron chi connectivity index (χ4n) is 6.07. The molecule has 25 heavy (non-hydrogen) atoms. The summed E-state index contributed by atoms with van der Waals surface area (Å²) in [5.41, 5.74) is 3.25. The second-order valence-electron chi connectivity index (χ2n) is 7.88. The van der Waals surface area contributed by atoms with Crippen LogP contribution in [0.2, 0.25) is 0 Å². The largest absolute Gasteiger partial charge is 0.504 e. The van der Waals surface area contributed by atoms with E-state index in [-0.39, 0.29) is 22.2 Å². The van der Waals surface area contributed by atoms with Gasteiger partial charge < -0.3 is 15.1 Å². The lowest BCUT2D eigenvalue weighted by molar-refractivity contribution is -0.128. The lowest BCUT2D eigenvalue weighted by Crippen LogP contribution is -2.70. The number of Topliss-reactive ketones (excluding diaryl/α,β-unsaturated/α-hetero) is 1. The Balaban J connectivity index is 1.76. The number of benzene rings is 1. The Morgan fingerprint density at radius 3 is 3.16 bits per heavy atom. The van der Waals surface area contributed by atoms with Crippen molar-refractivity contribution in [2.75, 3.05) is 11.4 Å². The van der Waals surface area contributed by atoms with Crippen molar-refractivity contribution in [3.8, 4) is 5.75 Å². The van der Waals surface area contributed by atoms with Crippen molar-refractivity contribution in [3.63, 3.8) is 0 Å². The molecule has 7 rings (SSSR count). The number of aliphatic hydroxyl groups excluding tert-OH is 1. The average molecular weight is 353 g/mol.